The summed E-state index contributed by atoms with van der Waals surface area (Å²) < 4.78 is 29.0. The molecule has 0 unspecified atom stereocenters. The third-order valence-electron chi connectivity index (χ3n) is 4.42. The second-order valence-electron chi connectivity index (χ2n) is 6.36. The van der Waals surface area contributed by atoms with Gasteiger partial charge in [0.2, 0.25) is 0 Å². The van der Waals surface area contributed by atoms with E-state index >= 15 is 0 Å². The molecule has 7 nitrogen and oxygen atoms in total. The molecule has 8 heteroatoms. The maximum Gasteiger partial charge on any atom is 0.281 e. The van der Waals surface area contributed by atoms with Crippen molar-refractivity contribution in [3.63, 3.8) is 0 Å². The zero-order valence-corrected chi connectivity index (χ0v) is 15.1. The molecule has 0 saturated carbocycles. The molecule has 1 atom stereocenters. The molecule has 0 radical (unpaired) electrons. The second kappa shape index (κ2) is 6.62. The van der Waals surface area contributed by atoms with E-state index in [2.05, 4.69) is 5.10 Å². The fraction of sp³-hybridized carbons (Fsp3) is 0.500. The van der Waals surface area contributed by atoms with Crippen molar-refractivity contribution in [2.45, 2.75) is 12.8 Å². The summed E-state index contributed by atoms with van der Waals surface area (Å²) in [6.45, 7) is 1.13. The number of hydrogen-bond donors (Lipinski definition) is 0. The van der Waals surface area contributed by atoms with Crippen LogP contribution in [0.5, 0.6) is 0 Å². The summed E-state index contributed by atoms with van der Waals surface area (Å²) in [5.74, 6) is 0.300. The fourth-order valence-electron chi connectivity index (χ4n) is 3.06. The quantitative estimate of drug-likeness (QED) is 0.812. The van der Waals surface area contributed by atoms with Gasteiger partial charge in [0.1, 0.15) is 0 Å². The lowest BCUT2D eigenvalue weighted by molar-refractivity contribution is 0.409. The van der Waals surface area contributed by atoms with Crippen LogP contribution in [0.1, 0.15) is 12.1 Å². The van der Waals surface area contributed by atoms with Gasteiger partial charge in [-0.25, -0.2) is 0 Å². The van der Waals surface area contributed by atoms with Crippen LogP contribution in [0.3, 0.4) is 0 Å². The molecule has 2 aromatic rings. The average Bonchev–Trinajstić information content (AvgIpc) is 3.16. The maximum atomic E-state index is 12.2. The Labute approximate surface area is 143 Å². The zero-order valence-electron chi connectivity index (χ0n) is 14.3. The van der Waals surface area contributed by atoms with Crippen molar-refractivity contribution in [2.75, 3.05) is 27.2 Å². The maximum absolute atomic E-state index is 12.2. The molecule has 0 amide bonds. The monoisotopic (exact) mass is 349 g/mol. The number of pyridine rings is 1. The number of aromatic nitrogens is 3. The molecule has 0 spiro atoms. The highest BCUT2D eigenvalue weighted by Gasteiger charge is 2.32. The Morgan fingerprint density at radius 2 is 2.08 bits per heavy atom. The SMILES string of the molecule is CN(C)S(=O)(=O)N1CC[C@@H](Cc2cccc(-c3ccnn3C)n2)C1. The summed E-state index contributed by atoms with van der Waals surface area (Å²) in [6.07, 6.45) is 3.40. The van der Waals surface area contributed by atoms with Gasteiger partial charge >= 0.3 is 0 Å². The van der Waals surface area contributed by atoms with E-state index in [1.165, 1.54) is 4.31 Å². The lowest BCUT2D eigenvalue weighted by Gasteiger charge is -2.20. The largest absolute Gasteiger partial charge is 0.281 e. The topological polar surface area (TPSA) is 71.3 Å². The van der Waals surface area contributed by atoms with E-state index in [1.54, 1.807) is 29.3 Å². The molecule has 24 heavy (non-hydrogen) atoms. The normalized spacial score (nSPS) is 19.2. The molecule has 0 aromatic carbocycles. The molecule has 0 bridgehead atoms. The Hall–Kier alpha value is -1.77. The molecular formula is C16H23N5O2S. The van der Waals surface area contributed by atoms with E-state index in [0.717, 1.165) is 29.9 Å². The summed E-state index contributed by atoms with van der Waals surface area (Å²) in [4.78, 5) is 4.72. The molecule has 1 saturated heterocycles. The molecule has 3 rings (SSSR count). The van der Waals surface area contributed by atoms with Crippen LogP contribution in [-0.4, -0.2) is 59.0 Å². The van der Waals surface area contributed by atoms with Crippen molar-refractivity contribution < 1.29 is 8.42 Å². The lowest BCUT2D eigenvalue weighted by atomic mass is 10.0. The van der Waals surface area contributed by atoms with Crippen LogP contribution in [0.2, 0.25) is 0 Å². The van der Waals surface area contributed by atoms with Crippen LogP contribution in [0.4, 0.5) is 0 Å². The van der Waals surface area contributed by atoms with Gasteiger partial charge in [-0.05, 0) is 37.0 Å². The van der Waals surface area contributed by atoms with Crippen LogP contribution in [0.25, 0.3) is 11.4 Å². The molecule has 1 aliphatic heterocycles. The molecule has 130 valence electrons. The number of hydrogen-bond acceptors (Lipinski definition) is 4. The van der Waals surface area contributed by atoms with Crippen molar-refractivity contribution in [2.24, 2.45) is 13.0 Å². The summed E-state index contributed by atoms with van der Waals surface area (Å²) in [6, 6.07) is 7.90. The van der Waals surface area contributed by atoms with E-state index in [-0.39, 0.29) is 0 Å². The van der Waals surface area contributed by atoms with Crippen molar-refractivity contribution in [1.29, 1.82) is 0 Å². The van der Waals surface area contributed by atoms with E-state index in [0.29, 0.717) is 19.0 Å². The van der Waals surface area contributed by atoms with Gasteiger partial charge in [0.05, 0.1) is 11.4 Å². The van der Waals surface area contributed by atoms with Gasteiger partial charge in [-0.3, -0.25) is 9.67 Å². The Bertz CT molecular complexity index is 815. The first-order valence-corrected chi connectivity index (χ1v) is 9.39. The van der Waals surface area contributed by atoms with Crippen LogP contribution in [-0.2, 0) is 23.7 Å². The predicted molar refractivity (Wildman–Crippen MR) is 92.4 cm³/mol. The first-order chi connectivity index (χ1) is 11.4. The van der Waals surface area contributed by atoms with Gasteiger partial charge in [-0.2, -0.15) is 22.1 Å². The van der Waals surface area contributed by atoms with Gasteiger partial charge in [0.25, 0.3) is 10.2 Å². The van der Waals surface area contributed by atoms with E-state index in [1.807, 2.05) is 31.3 Å². The molecule has 3 heterocycles. The van der Waals surface area contributed by atoms with Gasteiger partial charge in [0, 0.05) is 46.1 Å². The summed E-state index contributed by atoms with van der Waals surface area (Å²) >= 11 is 0. The Balaban J connectivity index is 1.71. The third-order valence-corrected chi connectivity index (χ3v) is 6.33. The van der Waals surface area contributed by atoms with Crippen LogP contribution in [0, 0.1) is 5.92 Å². The summed E-state index contributed by atoms with van der Waals surface area (Å²) in [7, 11) is 1.72. The summed E-state index contributed by atoms with van der Waals surface area (Å²) in [5.41, 5.74) is 2.85. The first kappa shape index (κ1) is 17.1. The number of aryl methyl sites for hydroxylation is 1. The Morgan fingerprint density at radius 3 is 2.75 bits per heavy atom. The molecule has 1 aliphatic rings. The van der Waals surface area contributed by atoms with E-state index < -0.39 is 10.2 Å². The zero-order chi connectivity index (χ0) is 17.3. The highest BCUT2D eigenvalue weighted by atomic mass is 32.2. The van der Waals surface area contributed by atoms with Crippen LogP contribution >= 0.6 is 0 Å². The van der Waals surface area contributed by atoms with Crippen molar-refractivity contribution >= 4 is 10.2 Å². The Kier molecular flexibility index (Phi) is 4.71. The first-order valence-electron chi connectivity index (χ1n) is 8.00. The number of nitrogens with zero attached hydrogens (tertiary/aromatic N) is 5. The second-order valence-corrected chi connectivity index (χ2v) is 8.50. The molecule has 2 aromatic heterocycles. The van der Waals surface area contributed by atoms with Crippen LogP contribution < -0.4 is 0 Å². The standard InChI is InChI=1S/C16H23N5O2S/c1-19(2)24(22,23)21-10-8-13(12-21)11-14-5-4-6-15(18-14)16-7-9-17-20(16)3/h4-7,9,13H,8,10-12H2,1-3H3/t13-/m0/s1. The fourth-order valence-corrected chi connectivity index (χ4v) is 4.26. The average molecular weight is 349 g/mol. The van der Waals surface area contributed by atoms with Crippen molar-refractivity contribution in [3.8, 4) is 11.4 Å². The van der Waals surface area contributed by atoms with E-state index in [9.17, 15) is 8.42 Å². The molecule has 0 aliphatic carbocycles. The van der Waals surface area contributed by atoms with Gasteiger partial charge < -0.3 is 0 Å². The number of rotatable bonds is 5. The third kappa shape index (κ3) is 3.35. The highest BCUT2D eigenvalue weighted by Crippen LogP contribution is 2.24. The minimum absolute atomic E-state index is 0.300. The minimum Gasteiger partial charge on any atom is -0.266 e. The van der Waals surface area contributed by atoms with Crippen molar-refractivity contribution in [3.05, 3.63) is 36.2 Å². The molecule has 1 fully saturated rings. The molecule has 0 N–H and O–H groups in total. The predicted octanol–water partition coefficient (Wildman–Crippen LogP) is 1.15. The smallest absolute Gasteiger partial charge is 0.266 e. The summed E-state index contributed by atoms with van der Waals surface area (Å²) in [5, 5.41) is 4.18. The van der Waals surface area contributed by atoms with Gasteiger partial charge in [0.15, 0.2) is 0 Å². The minimum atomic E-state index is -3.32. The van der Waals surface area contributed by atoms with Gasteiger partial charge in [-0.15, -0.1) is 0 Å². The highest BCUT2D eigenvalue weighted by molar-refractivity contribution is 7.86. The lowest BCUT2D eigenvalue weighted by Crippen LogP contribution is -2.38. The Morgan fingerprint density at radius 1 is 1.29 bits per heavy atom. The molecular weight excluding hydrogens is 326 g/mol. The van der Waals surface area contributed by atoms with E-state index in [4.69, 9.17) is 4.98 Å². The van der Waals surface area contributed by atoms with Gasteiger partial charge in [-0.1, -0.05) is 6.07 Å². The van der Waals surface area contributed by atoms with Crippen LogP contribution in [0.15, 0.2) is 30.5 Å². The van der Waals surface area contributed by atoms with Crippen molar-refractivity contribution in [1.82, 2.24) is 23.4 Å².